The van der Waals surface area contributed by atoms with Gasteiger partial charge < -0.3 is 10.2 Å². The lowest BCUT2D eigenvalue weighted by Gasteiger charge is -2.32. The van der Waals surface area contributed by atoms with Gasteiger partial charge in [0.2, 0.25) is 11.8 Å². The molecule has 0 atom stereocenters. The number of carbonyl (C=O) groups is 2. The maximum absolute atomic E-state index is 12.2. The van der Waals surface area contributed by atoms with Crippen molar-refractivity contribution in [2.24, 2.45) is 5.92 Å². The molecule has 0 bridgehead atoms. The summed E-state index contributed by atoms with van der Waals surface area (Å²) in [6, 6.07) is 9.78. The molecule has 23 heavy (non-hydrogen) atoms. The second kappa shape index (κ2) is 7.44. The number of likely N-dealkylation sites (tertiary alicyclic amines) is 1. The maximum Gasteiger partial charge on any atom is 0.246 e. The topological polar surface area (TPSA) is 49.4 Å². The third-order valence-electron chi connectivity index (χ3n) is 3.89. The van der Waals surface area contributed by atoms with Gasteiger partial charge in [-0.05, 0) is 45.3 Å². The molecule has 1 fully saturated rings. The van der Waals surface area contributed by atoms with Crippen molar-refractivity contribution in [3.63, 3.8) is 0 Å². The Morgan fingerprint density at radius 1 is 1.13 bits per heavy atom. The zero-order chi connectivity index (χ0) is 16.9. The number of nitrogens with zero attached hydrogens (tertiary/aromatic N) is 1. The quantitative estimate of drug-likeness (QED) is 0.872. The average molecular weight is 314 g/mol. The number of nitrogens with one attached hydrogen (secondary N) is 1. The van der Waals surface area contributed by atoms with E-state index in [1.165, 1.54) is 0 Å². The summed E-state index contributed by atoms with van der Waals surface area (Å²) < 4.78 is 0. The number of benzene rings is 1. The predicted octanol–water partition coefficient (Wildman–Crippen LogP) is 2.85. The van der Waals surface area contributed by atoms with Gasteiger partial charge in [0.25, 0.3) is 0 Å². The number of amides is 2. The SMILES string of the molecule is CC(C)(C)NC(=O)C1CCN(C(=O)/C=C/c2ccccc2)CC1. The van der Waals surface area contributed by atoms with Crippen LogP contribution in [0.1, 0.15) is 39.2 Å². The molecule has 2 rings (SSSR count). The van der Waals surface area contributed by atoms with Gasteiger partial charge in [0.15, 0.2) is 0 Å². The van der Waals surface area contributed by atoms with E-state index >= 15 is 0 Å². The Labute approximate surface area is 138 Å². The fourth-order valence-corrected chi connectivity index (χ4v) is 2.67. The highest BCUT2D eigenvalue weighted by Gasteiger charge is 2.28. The minimum Gasteiger partial charge on any atom is -0.351 e. The van der Waals surface area contributed by atoms with Crippen LogP contribution >= 0.6 is 0 Å². The Hall–Kier alpha value is -2.10. The first-order chi connectivity index (χ1) is 10.8. The second-order valence-corrected chi connectivity index (χ2v) is 7.08. The van der Waals surface area contributed by atoms with E-state index in [9.17, 15) is 9.59 Å². The molecule has 1 aromatic rings. The monoisotopic (exact) mass is 314 g/mol. The smallest absolute Gasteiger partial charge is 0.246 e. The van der Waals surface area contributed by atoms with Gasteiger partial charge in [-0.25, -0.2) is 0 Å². The molecule has 1 aliphatic rings. The molecule has 0 aliphatic carbocycles. The molecular formula is C19H26N2O2. The van der Waals surface area contributed by atoms with E-state index in [0.29, 0.717) is 13.1 Å². The predicted molar refractivity (Wildman–Crippen MR) is 92.7 cm³/mol. The minimum atomic E-state index is -0.206. The highest BCUT2D eigenvalue weighted by molar-refractivity contribution is 5.92. The van der Waals surface area contributed by atoms with E-state index < -0.39 is 0 Å². The van der Waals surface area contributed by atoms with Gasteiger partial charge in [0.05, 0.1) is 0 Å². The largest absolute Gasteiger partial charge is 0.351 e. The van der Waals surface area contributed by atoms with Crippen LogP contribution in [0.3, 0.4) is 0 Å². The fraction of sp³-hybridized carbons (Fsp3) is 0.474. The average Bonchev–Trinajstić information content (AvgIpc) is 2.52. The molecule has 4 heteroatoms. The van der Waals surface area contributed by atoms with Gasteiger partial charge in [-0.2, -0.15) is 0 Å². The standard InChI is InChI=1S/C19H26N2O2/c1-19(2,3)20-18(23)16-11-13-21(14-12-16)17(22)10-9-15-7-5-4-6-8-15/h4-10,16H,11-14H2,1-3H3,(H,20,23)/b10-9+. The summed E-state index contributed by atoms with van der Waals surface area (Å²) in [5, 5.41) is 3.02. The van der Waals surface area contributed by atoms with Gasteiger partial charge in [-0.1, -0.05) is 30.3 Å². The highest BCUT2D eigenvalue weighted by atomic mass is 16.2. The van der Waals surface area contributed by atoms with E-state index in [2.05, 4.69) is 5.32 Å². The molecule has 0 spiro atoms. The Morgan fingerprint density at radius 2 is 1.74 bits per heavy atom. The molecule has 2 amide bonds. The van der Waals surface area contributed by atoms with Crippen LogP contribution < -0.4 is 5.32 Å². The molecule has 0 aromatic heterocycles. The van der Waals surface area contributed by atoms with Gasteiger partial charge in [-0.3, -0.25) is 9.59 Å². The van der Waals surface area contributed by atoms with Gasteiger partial charge >= 0.3 is 0 Å². The van der Waals surface area contributed by atoms with Crippen molar-refractivity contribution in [2.45, 2.75) is 39.2 Å². The molecule has 4 nitrogen and oxygen atoms in total. The zero-order valence-corrected chi connectivity index (χ0v) is 14.2. The first kappa shape index (κ1) is 17.3. The van der Waals surface area contributed by atoms with E-state index in [1.54, 1.807) is 6.08 Å². The first-order valence-electron chi connectivity index (χ1n) is 8.19. The normalized spacial score (nSPS) is 16.6. The Bertz CT molecular complexity index is 565. The minimum absolute atomic E-state index is 0.0105. The second-order valence-electron chi connectivity index (χ2n) is 7.08. The van der Waals surface area contributed by atoms with Gasteiger partial charge in [0, 0.05) is 30.6 Å². The lowest BCUT2D eigenvalue weighted by atomic mass is 9.94. The van der Waals surface area contributed by atoms with Gasteiger partial charge in [-0.15, -0.1) is 0 Å². The molecule has 1 heterocycles. The zero-order valence-electron chi connectivity index (χ0n) is 14.2. The van der Waals surface area contributed by atoms with Crippen LogP contribution in [0.25, 0.3) is 6.08 Å². The van der Waals surface area contributed by atoms with Crippen molar-refractivity contribution < 1.29 is 9.59 Å². The van der Waals surface area contributed by atoms with E-state index in [4.69, 9.17) is 0 Å². The van der Waals surface area contributed by atoms with Crippen LogP contribution in [0.2, 0.25) is 0 Å². The molecular weight excluding hydrogens is 288 g/mol. The summed E-state index contributed by atoms with van der Waals surface area (Å²) in [6.45, 7) is 7.23. The summed E-state index contributed by atoms with van der Waals surface area (Å²) in [6.07, 6.45) is 4.91. The van der Waals surface area contributed by atoms with Crippen LogP contribution in [0.4, 0.5) is 0 Å². The third-order valence-corrected chi connectivity index (χ3v) is 3.89. The van der Waals surface area contributed by atoms with Crippen molar-refractivity contribution in [1.82, 2.24) is 10.2 Å². The molecule has 1 N–H and O–H groups in total. The molecule has 0 radical (unpaired) electrons. The van der Waals surface area contributed by atoms with Gasteiger partial charge in [0.1, 0.15) is 0 Å². The van der Waals surface area contributed by atoms with Crippen molar-refractivity contribution in [3.05, 3.63) is 42.0 Å². The third kappa shape index (κ3) is 5.55. The number of rotatable bonds is 3. The molecule has 1 aliphatic heterocycles. The fourth-order valence-electron chi connectivity index (χ4n) is 2.67. The van der Waals surface area contributed by atoms with Crippen molar-refractivity contribution >= 4 is 17.9 Å². The number of carbonyl (C=O) groups excluding carboxylic acids is 2. The highest BCUT2D eigenvalue weighted by Crippen LogP contribution is 2.19. The summed E-state index contributed by atoms with van der Waals surface area (Å²) in [4.78, 5) is 26.2. The first-order valence-corrected chi connectivity index (χ1v) is 8.19. The van der Waals surface area contributed by atoms with E-state index in [1.807, 2.05) is 62.1 Å². The van der Waals surface area contributed by atoms with E-state index in [-0.39, 0.29) is 23.3 Å². The maximum atomic E-state index is 12.2. The van der Waals surface area contributed by atoms with E-state index in [0.717, 1.165) is 18.4 Å². The summed E-state index contributed by atoms with van der Waals surface area (Å²) >= 11 is 0. The number of piperidine rings is 1. The summed E-state index contributed by atoms with van der Waals surface area (Å²) in [5.74, 6) is 0.129. The molecule has 0 saturated carbocycles. The molecule has 124 valence electrons. The number of hydrogen-bond donors (Lipinski definition) is 1. The van der Waals surface area contributed by atoms with Crippen LogP contribution in [0.5, 0.6) is 0 Å². The lowest BCUT2D eigenvalue weighted by Crippen LogP contribution is -2.47. The number of hydrogen-bond acceptors (Lipinski definition) is 2. The molecule has 0 unspecified atom stereocenters. The van der Waals surface area contributed by atoms with Crippen molar-refractivity contribution in [3.8, 4) is 0 Å². The molecule has 1 aromatic carbocycles. The van der Waals surface area contributed by atoms with Crippen molar-refractivity contribution in [2.75, 3.05) is 13.1 Å². The Kier molecular flexibility index (Phi) is 5.59. The van der Waals surface area contributed by atoms with Crippen LogP contribution in [0, 0.1) is 5.92 Å². The Balaban J connectivity index is 1.83. The molecule has 1 saturated heterocycles. The lowest BCUT2D eigenvalue weighted by molar-refractivity contribution is -0.132. The summed E-state index contributed by atoms with van der Waals surface area (Å²) in [5.41, 5.74) is 0.808. The van der Waals surface area contributed by atoms with Crippen LogP contribution in [-0.2, 0) is 9.59 Å². The summed E-state index contributed by atoms with van der Waals surface area (Å²) in [7, 11) is 0. The van der Waals surface area contributed by atoms with Crippen molar-refractivity contribution in [1.29, 1.82) is 0 Å². The van der Waals surface area contributed by atoms with Crippen LogP contribution in [0.15, 0.2) is 36.4 Å². The van der Waals surface area contributed by atoms with Crippen LogP contribution in [-0.4, -0.2) is 35.3 Å². The Morgan fingerprint density at radius 3 is 2.30 bits per heavy atom.